The summed E-state index contributed by atoms with van der Waals surface area (Å²) in [6, 6.07) is -0.251. The zero-order valence-corrected chi connectivity index (χ0v) is 9.60. The Hall–Kier alpha value is -1.57. The molecule has 1 saturated heterocycles. The van der Waals surface area contributed by atoms with E-state index in [9.17, 15) is 18.0 Å². The molecule has 5 nitrogen and oxygen atoms in total. The van der Waals surface area contributed by atoms with E-state index in [1.54, 1.807) is 0 Å². The molecule has 0 spiro atoms. The minimum atomic E-state index is -4.18. The summed E-state index contributed by atoms with van der Waals surface area (Å²) in [4.78, 5) is 18.4. The van der Waals surface area contributed by atoms with Crippen LogP contribution in [0.2, 0.25) is 0 Å². The third-order valence-corrected chi connectivity index (χ3v) is 2.77. The number of hydrogen-bond donors (Lipinski definition) is 0. The summed E-state index contributed by atoms with van der Waals surface area (Å²) in [6.45, 7) is 0.153. The molecule has 18 heavy (non-hydrogen) atoms. The van der Waals surface area contributed by atoms with Gasteiger partial charge in [0, 0.05) is 38.6 Å². The lowest BCUT2D eigenvalue weighted by atomic mass is 10.3. The fourth-order valence-corrected chi connectivity index (χ4v) is 1.89. The van der Waals surface area contributed by atoms with Crippen molar-refractivity contribution >= 4 is 6.03 Å². The second-order valence-electron chi connectivity index (χ2n) is 4.13. The number of aromatic nitrogens is 2. The van der Waals surface area contributed by atoms with E-state index in [2.05, 4.69) is 4.98 Å². The SMILES string of the molecule is O=C(N1CCN(CC(F)(F)F)CC1)n1ccnc1. The van der Waals surface area contributed by atoms with Crippen LogP contribution in [0.5, 0.6) is 0 Å². The summed E-state index contributed by atoms with van der Waals surface area (Å²) in [5, 5.41) is 0. The number of rotatable bonds is 1. The first-order chi connectivity index (χ1) is 8.46. The van der Waals surface area contributed by atoms with E-state index in [1.165, 1.54) is 33.1 Å². The van der Waals surface area contributed by atoms with Crippen molar-refractivity contribution in [1.82, 2.24) is 19.4 Å². The predicted octanol–water partition coefficient (Wildman–Crippen LogP) is 1.03. The second kappa shape index (κ2) is 4.97. The lowest BCUT2D eigenvalue weighted by molar-refractivity contribution is -0.148. The van der Waals surface area contributed by atoms with Crippen molar-refractivity contribution in [2.75, 3.05) is 32.7 Å². The Balaban J connectivity index is 1.85. The smallest absolute Gasteiger partial charge is 0.321 e. The highest BCUT2D eigenvalue weighted by Crippen LogP contribution is 2.17. The number of hydrogen-bond acceptors (Lipinski definition) is 3. The number of amides is 1. The highest BCUT2D eigenvalue weighted by Gasteiger charge is 2.32. The molecule has 2 heterocycles. The van der Waals surface area contributed by atoms with E-state index < -0.39 is 12.7 Å². The second-order valence-corrected chi connectivity index (χ2v) is 4.13. The van der Waals surface area contributed by atoms with Gasteiger partial charge in [0.05, 0.1) is 6.54 Å². The fraction of sp³-hybridized carbons (Fsp3) is 0.600. The van der Waals surface area contributed by atoms with E-state index in [4.69, 9.17) is 0 Å². The van der Waals surface area contributed by atoms with Gasteiger partial charge < -0.3 is 4.90 Å². The van der Waals surface area contributed by atoms with Gasteiger partial charge in [0.2, 0.25) is 0 Å². The largest absolute Gasteiger partial charge is 0.401 e. The van der Waals surface area contributed by atoms with Gasteiger partial charge in [-0.05, 0) is 0 Å². The molecule has 0 saturated carbocycles. The van der Waals surface area contributed by atoms with Crippen molar-refractivity contribution in [2.24, 2.45) is 0 Å². The molecule has 0 aliphatic carbocycles. The van der Waals surface area contributed by atoms with Crippen LogP contribution < -0.4 is 0 Å². The van der Waals surface area contributed by atoms with Crippen molar-refractivity contribution in [3.63, 3.8) is 0 Å². The first-order valence-corrected chi connectivity index (χ1v) is 5.52. The third-order valence-electron chi connectivity index (χ3n) is 2.77. The number of halogens is 3. The monoisotopic (exact) mass is 262 g/mol. The zero-order chi connectivity index (χ0) is 13.2. The van der Waals surface area contributed by atoms with Crippen LogP contribution in [-0.2, 0) is 0 Å². The Morgan fingerprint density at radius 2 is 1.89 bits per heavy atom. The minimum absolute atomic E-state index is 0.236. The van der Waals surface area contributed by atoms with E-state index in [1.807, 2.05) is 0 Å². The maximum Gasteiger partial charge on any atom is 0.401 e. The zero-order valence-electron chi connectivity index (χ0n) is 9.60. The van der Waals surface area contributed by atoms with Crippen LogP contribution in [-0.4, -0.2) is 64.3 Å². The van der Waals surface area contributed by atoms with Crippen molar-refractivity contribution < 1.29 is 18.0 Å². The highest BCUT2D eigenvalue weighted by atomic mass is 19.4. The Morgan fingerprint density at radius 1 is 1.22 bits per heavy atom. The molecular weight excluding hydrogens is 249 g/mol. The van der Waals surface area contributed by atoms with Gasteiger partial charge in [0.1, 0.15) is 6.33 Å². The van der Waals surface area contributed by atoms with Crippen LogP contribution in [0.15, 0.2) is 18.7 Å². The molecule has 0 atom stereocenters. The molecule has 8 heteroatoms. The van der Waals surface area contributed by atoms with Crippen LogP contribution in [0.1, 0.15) is 0 Å². The maximum absolute atomic E-state index is 12.2. The number of carbonyl (C=O) groups excluding carboxylic acids is 1. The van der Waals surface area contributed by atoms with E-state index in [-0.39, 0.29) is 19.1 Å². The Labute approximate surface area is 102 Å². The van der Waals surface area contributed by atoms with Crippen molar-refractivity contribution in [3.05, 3.63) is 18.7 Å². The molecule has 0 bridgehead atoms. The van der Waals surface area contributed by atoms with Gasteiger partial charge in [-0.2, -0.15) is 13.2 Å². The van der Waals surface area contributed by atoms with Crippen molar-refractivity contribution in [2.45, 2.75) is 6.18 Å². The number of nitrogens with zero attached hydrogens (tertiary/aromatic N) is 4. The number of alkyl halides is 3. The van der Waals surface area contributed by atoms with Crippen LogP contribution >= 0.6 is 0 Å². The molecule has 1 aromatic heterocycles. The van der Waals surface area contributed by atoms with Gasteiger partial charge in [-0.25, -0.2) is 9.78 Å². The third kappa shape index (κ3) is 3.22. The van der Waals surface area contributed by atoms with Crippen LogP contribution in [0, 0.1) is 0 Å². The van der Waals surface area contributed by atoms with E-state index >= 15 is 0 Å². The van der Waals surface area contributed by atoms with Crippen molar-refractivity contribution in [3.8, 4) is 0 Å². The standard InChI is InChI=1S/C10H13F3N4O/c11-10(12,13)7-15-3-5-16(6-4-15)9(18)17-2-1-14-8-17/h1-2,8H,3-7H2. The number of carbonyl (C=O) groups is 1. The van der Waals surface area contributed by atoms with E-state index in [0.717, 1.165) is 0 Å². The summed E-state index contributed by atoms with van der Waals surface area (Å²) in [5.74, 6) is 0. The van der Waals surface area contributed by atoms with E-state index in [0.29, 0.717) is 13.1 Å². The minimum Gasteiger partial charge on any atom is -0.321 e. The molecule has 0 unspecified atom stereocenters. The molecule has 100 valence electrons. The molecule has 2 rings (SSSR count). The van der Waals surface area contributed by atoms with Gasteiger partial charge in [0.15, 0.2) is 0 Å². The summed E-state index contributed by atoms with van der Waals surface area (Å²) < 4.78 is 37.9. The first kappa shape index (κ1) is 12.9. The Bertz CT molecular complexity index is 396. The molecule has 0 aromatic carbocycles. The first-order valence-electron chi connectivity index (χ1n) is 5.52. The molecule has 1 aliphatic rings. The molecule has 1 amide bonds. The summed E-state index contributed by atoms with van der Waals surface area (Å²) >= 11 is 0. The molecule has 1 aromatic rings. The number of imidazole rings is 1. The molecule has 0 N–H and O–H groups in total. The average Bonchev–Trinajstić information content (AvgIpc) is 2.80. The molecular formula is C10H13F3N4O. The maximum atomic E-state index is 12.2. The fourth-order valence-electron chi connectivity index (χ4n) is 1.89. The Kier molecular flexibility index (Phi) is 3.55. The van der Waals surface area contributed by atoms with Gasteiger partial charge in [-0.1, -0.05) is 0 Å². The van der Waals surface area contributed by atoms with Gasteiger partial charge in [-0.3, -0.25) is 9.47 Å². The summed E-state index contributed by atoms with van der Waals surface area (Å²) in [7, 11) is 0. The van der Waals surface area contributed by atoms with Gasteiger partial charge in [-0.15, -0.1) is 0 Å². The highest BCUT2D eigenvalue weighted by molar-refractivity contribution is 5.76. The van der Waals surface area contributed by atoms with Crippen LogP contribution in [0.4, 0.5) is 18.0 Å². The van der Waals surface area contributed by atoms with Gasteiger partial charge in [0.25, 0.3) is 0 Å². The predicted molar refractivity (Wildman–Crippen MR) is 57.1 cm³/mol. The molecule has 1 aliphatic heterocycles. The average molecular weight is 262 g/mol. The summed E-state index contributed by atoms with van der Waals surface area (Å²) in [5.41, 5.74) is 0. The van der Waals surface area contributed by atoms with Gasteiger partial charge >= 0.3 is 12.2 Å². The quantitative estimate of drug-likeness (QED) is 0.759. The van der Waals surface area contributed by atoms with Crippen LogP contribution in [0.25, 0.3) is 0 Å². The van der Waals surface area contributed by atoms with Crippen LogP contribution in [0.3, 0.4) is 0 Å². The number of piperazine rings is 1. The summed E-state index contributed by atoms with van der Waals surface area (Å²) in [6.07, 6.45) is 0.198. The normalized spacial score (nSPS) is 18.1. The molecule has 1 fully saturated rings. The Morgan fingerprint density at radius 3 is 2.39 bits per heavy atom. The lowest BCUT2D eigenvalue weighted by Gasteiger charge is -2.34. The van der Waals surface area contributed by atoms with Crippen molar-refractivity contribution in [1.29, 1.82) is 0 Å². The lowest BCUT2D eigenvalue weighted by Crippen LogP contribution is -2.51. The topological polar surface area (TPSA) is 41.4 Å². The molecule has 0 radical (unpaired) electrons.